The molecule has 5 nitrogen and oxygen atoms in total. The van der Waals surface area contributed by atoms with Crippen molar-refractivity contribution in [1.29, 1.82) is 0 Å². The standard InChI is InChI=1S/C15H15F3N2O3S2/c16-15(17,18)10-20-25(22,23)13-5-1-3-11(9-13)14(21)19-7-6-12-4-2-8-24-12/h1-5,8-9,20H,6-7,10H2,(H,19,21). The monoisotopic (exact) mass is 392 g/mol. The third-order valence-corrected chi connectivity index (χ3v) is 5.44. The molecule has 2 aromatic rings. The molecule has 0 aliphatic carbocycles. The maximum absolute atomic E-state index is 12.2. The molecule has 136 valence electrons. The maximum Gasteiger partial charge on any atom is 0.402 e. The molecule has 0 saturated heterocycles. The molecule has 25 heavy (non-hydrogen) atoms. The van der Waals surface area contributed by atoms with Crippen LogP contribution in [0.15, 0.2) is 46.7 Å². The molecule has 1 aromatic heterocycles. The number of nitrogens with one attached hydrogen (secondary N) is 2. The minimum atomic E-state index is -4.66. The summed E-state index contributed by atoms with van der Waals surface area (Å²) in [7, 11) is -4.35. The molecule has 0 spiro atoms. The number of carbonyl (C=O) groups is 1. The van der Waals surface area contributed by atoms with E-state index in [9.17, 15) is 26.4 Å². The average molecular weight is 392 g/mol. The summed E-state index contributed by atoms with van der Waals surface area (Å²) in [6.45, 7) is -1.31. The minimum absolute atomic E-state index is 0.0565. The first-order chi connectivity index (χ1) is 11.7. The normalized spacial score (nSPS) is 12.1. The highest BCUT2D eigenvalue weighted by molar-refractivity contribution is 7.89. The van der Waals surface area contributed by atoms with Gasteiger partial charge in [0, 0.05) is 17.0 Å². The Morgan fingerprint density at radius 1 is 1.16 bits per heavy atom. The van der Waals surface area contributed by atoms with E-state index in [0.29, 0.717) is 13.0 Å². The van der Waals surface area contributed by atoms with Crippen LogP contribution in [0.3, 0.4) is 0 Å². The molecular formula is C15H15F3N2O3S2. The van der Waals surface area contributed by atoms with Crippen molar-refractivity contribution in [3.05, 3.63) is 52.2 Å². The first-order valence-corrected chi connectivity index (χ1v) is 9.51. The summed E-state index contributed by atoms with van der Waals surface area (Å²) >= 11 is 1.55. The van der Waals surface area contributed by atoms with Crippen molar-refractivity contribution >= 4 is 27.3 Å². The zero-order chi connectivity index (χ0) is 18.5. The quantitative estimate of drug-likeness (QED) is 0.761. The Hall–Kier alpha value is -1.91. The minimum Gasteiger partial charge on any atom is -0.352 e. The van der Waals surface area contributed by atoms with Gasteiger partial charge in [-0.15, -0.1) is 11.3 Å². The van der Waals surface area contributed by atoms with Gasteiger partial charge in [-0.25, -0.2) is 13.1 Å². The zero-order valence-corrected chi connectivity index (χ0v) is 14.5. The fraction of sp³-hybridized carbons (Fsp3) is 0.267. The second-order valence-electron chi connectivity index (χ2n) is 5.05. The van der Waals surface area contributed by atoms with Crippen LogP contribution in [0.5, 0.6) is 0 Å². The first-order valence-electron chi connectivity index (χ1n) is 7.14. The number of amides is 1. The van der Waals surface area contributed by atoms with E-state index in [-0.39, 0.29) is 5.56 Å². The third-order valence-electron chi connectivity index (χ3n) is 3.11. The molecule has 0 atom stereocenters. The van der Waals surface area contributed by atoms with Gasteiger partial charge in [0.25, 0.3) is 5.91 Å². The number of rotatable bonds is 7. The van der Waals surface area contributed by atoms with Gasteiger partial charge >= 0.3 is 6.18 Å². The molecule has 0 aliphatic rings. The second-order valence-corrected chi connectivity index (χ2v) is 7.85. The van der Waals surface area contributed by atoms with Gasteiger partial charge in [0.05, 0.1) is 4.90 Å². The van der Waals surface area contributed by atoms with Crippen LogP contribution < -0.4 is 10.0 Å². The molecule has 2 rings (SSSR count). The third kappa shape index (κ3) is 6.15. The largest absolute Gasteiger partial charge is 0.402 e. The smallest absolute Gasteiger partial charge is 0.352 e. The van der Waals surface area contributed by atoms with Crippen molar-refractivity contribution in [2.75, 3.05) is 13.1 Å². The maximum atomic E-state index is 12.2. The molecule has 0 aliphatic heterocycles. The average Bonchev–Trinajstić information content (AvgIpc) is 3.06. The van der Waals surface area contributed by atoms with Crippen molar-refractivity contribution in [2.45, 2.75) is 17.5 Å². The second kappa shape index (κ2) is 7.98. The van der Waals surface area contributed by atoms with Crippen molar-refractivity contribution in [1.82, 2.24) is 10.0 Å². The number of hydrogen-bond acceptors (Lipinski definition) is 4. The fourth-order valence-corrected chi connectivity index (χ4v) is 3.69. The Kier molecular flexibility index (Phi) is 6.20. The van der Waals surface area contributed by atoms with Crippen molar-refractivity contribution in [3.8, 4) is 0 Å². The molecule has 1 aromatic carbocycles. The molecular weight excluding hydrogens is 377 g/mol. The highest BCUT2D eigenvalue weighted by Crippen LogP contribution is 2.16. The Balaban J connectivity index is 2.00. The Morgan fingerprint density at radius 2 is 1.92 bits per heavy atom. The lowest BCUT2D eigenvalue weighted by Crippen LogP contribution is -2.34. The van der Waals surface area contributed by atoms with Gasteiger partial charge in [0.2, 0.25) is 10.0 Å². The Morgan fingerprint density at radius 3 is 2.56 bits per heavy atom. The predicted octanol–water partition coefficient (Wildman–Crippen LogP) is 2.56. The molecule has 1 amide bonds. The lowest BCUT2D eigenvalue weighted by atomic mass is 10.2. The van der Waals surface area contributed by atoms with Gasteiger partial charge in [-0.1, -0.05) is 12.1 Å². The van der Waals surface area contributed by atoms with Gasteiger partial charge in [0.15, 0.2) is 0 Å². The molecule has 0 radical (unpaired) electrons. The van der Waals surface area contributed by atoms with Crippen LogP contribution in [0.2, 0.25) is 0 Å². The van der Waals surface area contributed by atoms with Crippen LogP contribution in [0.1, 0.15) is 15.2 Å². The Bertz CT molecular complexity index is 819. The summed E-state index contributed by atoms with van der Waals surface area (Å²) in [5, 5.41) is 4.56. The van der Waals surface area contributed by atoms with E-state index in [1.165, 1.54) is 16.9 Å². The Labute approximate surface area is 146 Å². The lowest BCUT2D eigenvalue weighted by Gasteiger charge is -2.10. The van der Waals surface area contributed by atoms with Gasteiger partial charge in [-0.05, 0) is 36.1 Å². The van der Waals surface area contributed by atoms with E-state index in [1.807, 2.05) is 17.5 Å². The van der Waals surface area contributed by atoms with Crippen molar-refractivity contribution in [2.24, 2.45) is 0 Å². The molecule has 0 bridgehead atoms. The highest BCUT2D eigenvalue weighted by Gasteiger charge is 2.30. The molecule has 0 saturated carbocycles. The summed E-state index contributed by atoms with van der Waals surface area (Å²) in [5.41, 5.74) is 0.0565. The van der Waals surface area contributed by atoms with Crippen LogP contribution in [0.4, 0.5) is 13.2 Å². The van der Waals surface area contributed by atoms with Crippen molar-refractivity contribution in [3.63, 3.8) is 0 Å². The van der Waals surface area contributed by atoms with E-state index in [4.69, 9.17) is 0 Å². The number of alkyl halides is 3. The van der Waals surface area contributed by atoms with Crippen LogP contribution in [0, 0.1) is 0 Å². The molecule has 0 unspecified atom stereocenters. The van der Waals surface area contributed by atoms with E-state index in [2.05, 4.69) is 5.32 Å². The van der Waals surface area contributed by atoms with E-state index in [0.717, 1.165) is 17.0 Å². The summed E-state index contributed by atoms with van der Waals surface area (Å²) in [4.78, 5) is 12.8. The van der Waals surface area contributed by atoms with Crippen LogP contribution in [-0.2, 0) is 16.4 Å². The number of carbonyl (C=O) groups excluding carboxylic acids is 1. The number of halogens is 3. The summed E-state index contributed by atoms with van der Waals surface area (Å²) < 4.78 is 61.7. The van der Waals surface area contributed by atoms with Gasteiger partial charge < -0.3 is 5.32 Å². The fourth-order valence-electron chi connectivity index (χ4n) is 1.92. The molecule has 0 fully saturated rings. The number of sulfonamides is 1. The van der Waals surface area contributed by atoms with Crippen molar-refractivity contribution < 1.29 is 26.4 Å². The van der Waals surface area contributed by atoms with Gasteiger partial charge in [0.1, 0.15) is 6.54 Å². The summed E-state index contributed by atoms with van der Waals surface area (Å²) in [6.07, 6.45) is -4.03. The topological polar surface area (TPSA) is 75.3 Å². The van der Waals surface area contributed by atoms with Gasteiger partial charge in [-0.3, -0.25) is 4.79 Å². The SMILES string of the molecule is O=C(NCCc1cccs1)c1cccc(S(=O)(=O)NCC(F)(F)F)c1. The zero-order valence-electron chi connectivity index (χ0n) is 12.8. The van der Waals surface area contributed by atoms with E-state index >= 15 is 0 Å². The predicted molar refractivity (Wildman–Crippen MR) is 88.0 cm³/mol. The molecule has 2 N–H and O–H groups in total. The molecule has 1 heterocycles. The van der Waals surface area contributed by atoms with E-state index < -0.39 is 33.5 Å². The van der Waals surface area contributed by atoms with Crippen LogP contribution >= 0.6 is 11.3 Å². The number of hydrogen-bond donors (Lipinski definition) is 2. The highest BCUT2D eigenvalue weighted by atomic mass is 32.2. The van der Waals surface area contributed by atoms with Gasteiger partial charge in [-0.2, -0.15) is 13.2 Å². The molecule has 10 heteroatoms. The lowest BCUT2D eigenvalue weighted by molar-refractivity contribution is -0.121. The summed E-state index contributed by atoms with van der Waals surface area (Å²) in [5.74, 6) is -0.496. The number of benzene rings is 1. The van der Waals surface area contributed by atoms with Crippen LogP contribution in [-0.4, -0.2) is 33.6 Å². The van der Waals surface area contributed by atoms with Crippen LogP contribution in [0.25, 0.3) is 0 Å². The number of thiophene rings is 1. The summed E-state index contributed by atoms with van der Waals surface area (Å²) in [6, 6.07) is 8.68. The first kappa shape index (κ1) is 19.4. The van der Waals surface area contributed by atoms with E-state index in [1.54, 1.807) is 11.3 Å².